The number of hydrogen-bond acceptors (Lipinski definition) is 3. The van der Waals surface area contributed by atoms with Crippen molar-refractivity contribution in [2.24, 2.45) is 0 Å². The van der Waals surface area contributed by atoms with Crippen molar-refractivity contribution in [1.29, 1.82) is 0 Å². The molecule has 4 heteroatoms. The molecule has 0 saturated heterocycles. The highest BCUT2D eigenvalue weighted by atomic mass is 16.5. The molecule has 1 aromatic carbocycles. The molecule has 0 spiro atoms. The average Bonchev–Trinajstić information content (AvgIpc) is 2.98. The second-order valence-corrected chi connectivity index (χ2v) is 3.77. The number of phenolic OH excluding ortho intramolecular Hbond substituents is 1. The lowest BCUT2D eigenvalue weighted by molar-refractivity contribution is -0.140. The van der Waals surface area contributed by atoms with Gasteiger partial charge in [0, 0.05) is 0 Å². The van der Waals surface area contributed by atoms with Crippen LogP contribution in [0, 0.1) is 0 Å². The fourth-order valence-electron chi connectivity index (χ4n) is 1.74. The lowest BCUT2D eigenvalue weighted by atomic mass is 9.96. The summed E-state index contributed by atoms with van der Waals surface area (Å²) < 4.78 is 4.90. The van der Waals surface area contributed by atoms with Crippen LogP contribution in [0.2, 0.25) is 0 Å². The Morgan fingerprint density at radius 3 is 2.53 bits per heavy atom. The van der Waals surface area contributed by atoms with E-state index in [2.05, 4.69) is 0 Å². The van der Waals surface area contributed by atoms with Crippen molar-refractivity contribution in [3.05, 3.63) is 23.8 Å². The Hall–Kier alpha value is -1.71. The van der Waals surface area contributed by atoms with E-state index >= 15 is 0 Å². The molecule has 1 aromatic rings. The van der Waals surface area contributed by atoms with E-state index in [1.807, 2.05) is 0 Å². The highest BCUT2D eigenvalue weighted by Gasteiger charge is 2.51. The molecule has 2 rings (SSSR count). The van der Waals surface area contributed by atoms with Crippen LogP contribution in [0.1, 0.15) is 18.4 Å². The van der Waals surface area contributed by atoms with Crippen molar-refractivity contribution < 1.29 is 19.7 Å². The first-order valence-electron chi connectivity index (χ1n) is 4.71. The molecule has 4 nitrogen and oxygen atoms in total. The molecule has 0 atom stereocenters. The molecule has 0 bridgehead atoms. The zero-order valence-corrected chi connectivity index (χ0v) is 8.36. The molecule has 15 heavy (non-hydrogen) atoms. The lowest BCUT2D eigenvalue weighted by Crippen LogP contribution is -2.19. The summed E-state index contributed by atoms with van der Waals surface area (Å²) in [6.45, 7) is 0. The van der Waals surface area contributed by atoms with Gasteiger partial charge in [0.25, 0.3) is 0 Å². The number of aromatic hydroxyl groups is 1. The van der Waals surface area contributed by atoms with Crippen molar-refractivity contribution in [2.75, 3.05) is 7.11 Å². The molecular weight excluding hydrogens is 196 g/mol. The van der Waals surface area contributed by atoms with Crippen LogP contribution in [0.4, 0.5) is 0 Å². The Morgan fingerprint density at radius 2 is 2.13 bits per heavy atom. The number of carboxylic acid groups (broad SMARTS) is 1. The van der Waals surface area contributed by atoms with E-state index < -0.39 is 11.4 Å². The Balaban J connectivity index is 2.39. The van der Waals surface area contributed by atoms with Gasteiger partial charge in [-0.05, 0) is 30.5 Å². The van der Waals surface area contributed by atoms with Crippen LogP contribution >= 0.6 is 0 Å². The molecule has 1 aliphatic carbocycles. The Labute approximate surface area is 87.1 Å². The highest BCUT2D eigenvalue weighted by Crippen LogP contribution is 2.49. The molecule has 0 unspecified atom stereocenters. The molecule has 2 N–H and O–H groups in total. The number of phenols is 1. The third-order valence-corrected chi connectivity index (χ3v) is 2.89. The first-order chi connectivity index (χ1) is 7.10. The number of rotatable bonds is 3. The van der Waals surface area contributed by atoms with Crippen LogP contribution in [0.3, 0.4) is 0 Å². The van der Waals surface area contributed by atoms with Crippen LogP contribution in [0.5, 0.6) is 11.5 Å². The smallest absolute Gasteiger partial charge is 0.314 e. The summed E-state index contributed by atoms with van der Waals surface area (Å²) in [5.74, 6) is -0.477. The number of carbonyl (C=O) groups is 1. The number of benzene rings is 1. The third-order valence-electron chi connectivity index (χ3n) is 2.89. The molecule has 0 heterocycles. The minimum absolute atomic E-state index is 0.0116. The van der Waals surface area contributed by atoms with Crippen molar-refractivity contribution in [3.63, 3.8) is 0 Å². The molecule has 1 fully saturated rings. The van der Waals surface area contributed by atoms with Gasteiger partial charge in [0.15, 0.2) is 11.5 Å². The van der Waals surface area contributed by atoms with Gasteiger partial charge in [-0.1, -0.05) is 6.07 Å². The van der Waals surface area contributed by atoms with Gasteiger partial charge in [0.1, 0.15) is 0 Å². The van der Waals surface area contributed by atoms with Crippen molar-refractivity contribution >= 4 is 5.97 Å². The Bertz CT molecular complexity index is 407. The standard InChI is InChI=1S/C11H12O4/c1-15-9-3-2-7(6-8(9)12)11(4-5-11)10(13)14/h2-3,6,12H,4-5H2,1H3,(H,13,14). The molecule has 0 amide bonds. The summed E-state index contributed by atoms with van der Waals surface area (Å²) in [7, 11) is 1.46. The summed E-state index contributed by atoms with van der Waals surface area (Å²) in [5, 5.41) is 18.6. The first kappa shape index (κ1) is 9.83. The quantitative estimate of drug-likeness (QED) is 0.790. The van der Waals surface area contributed by atoms with Crippen LogP contribution in [-0.2, 0) is 10.2 Å². The fourth-order valence-corrected chi connectivity index (χ4v) is 1.74. The maximum Gasteiger partial charge on any atom is 0.314 e. The molecule has 1 aliphatic rings. The predicted octanol–water partition coefficient (Wildman–Crippen LogP) is 1.52. The lowest BCUT2D eigenvalue weighted by Gasteiger charge is -2.11. The predicted molar refractivity (Wildman–Crippen MR) is 53.2 cm³/mol. The minimum atomic E-state index is -0.827. The van der Waals surface area contributed by atoms with E-state index in [1.165, 1.54) is 13.2 Å². The summed E-state index contributed by atoms with van der Waals surface area (Å²) in [4.78, 5) is 11.0. The summed E-state index contributed by atoms with van der Waals surface area (Å²) in [6, 6.07) is 4.76. The molecule has 80 valence electrons. The summed E-state index contributed by atoms with van der Waals surface area (Å²) in [5.41, 5.74) is -0.127. The minimum Gasteiger partial charge on any atom is -0.504 e. The van der Waals surface area contributed by atoms with Crippen molar-refractivity contribution in [3.8, 4) is 11.5 Å². The third kappa shape index (κ3) is 1.42. The molecule has 1 saturated carbocycles. The van der Waals surface area contributed by atoms with E-state index in [4.69, 9.17) is 9.84 Å². The largest absolute Gasteiger partial charge is 0.504 e. The van der Waals surface area contributed by atoms with E-state index in [0.717, 1.165) is 0 Å². The van der Waals surface area contributed by atoms with Crippen molar-refractivity contribution in [1.82, 2.24) is 0 Å². The zero-order valence-electron chi connectivity index (χ0n) is 8.36. The van der Waals surface area contributed by atoms with Crippen molar-refractivity contribution in [2.45, 2.75) is 18.3 Å². The van der Waals surface area contributed by atoms with E-state index in [9.17, 15) is 9.90 Å². The van der Waals surface area contributed by atoms with Gasteiger partial charge in [-0.3, -0.25) is 4.79 Å². The maximum absolute atomic E-state index is 11.0. The van der Waals surface area contributed by atoms with Crippen LogP contribution in [0.15, 0.2) is 18.2 Å². The monoisotopic (exact) mass is 208 g/mol. The SMILES string of the molecule is COc1ccc(C2(C(=O)O)CC2)cc1O. The Morgan fingerprint density at radius 1 is 1.47 bits per heavy atom. The highest BCUT2D eigenvalue weighted by molar-refractivity contribution is 5.85. The van der Waals surface area contributed by atoms with Gasteiger partial charge < -0.3 is 14.9 Å². The summed E-state index contributed by atoms with van der Waals surface area (Å²) in [6.07, 6.45) is 1.27. The van der Waals surface area contributed by atoms with Crippen LogP contribution in [-0.4, -0.2) is 23.3 Å². The van der Waals surface area contributed by atoms with Gasteiger partial charge in [-0.25, -0.2) is 0 Å². The van der Waals surface area contributed by atoms with Crippen LogP contribution < -0.4 is 4.74 Å². The first-order valence-corrected chi connectivity index (χ1v) is 4.71. The normalized spacial score (nSPS) is 17.1. The number of methoxy groups -OCH3 is 1. The van der Waals surface area contributed by atoms with E-state index in [-0.39, 0.29) is 5.75 Å². The molecular formula is C11H12O4. The second kappa shape index (κ2) is 3.15. The molecule has 0 radical (unpaired) electrons. The topological polar surface area (TPSA) is 66.8 Å². The summed E-state index contributed by atoms with van der Waals surface area (Å²) >= 11 is 0. The van der Waals surface area contributed by atoms with Gasteiger partial charge in [-0.2, -0.15) is 0 Å². The average molecular weight is 208 g/mol. The van der Waals surface area contributed by atoms with E-state index in [1.54, 1.807) is 12.1 Å². The molecule has 0 aromatic heterocycles. The van der Waals surface area contributed by atoms with Crippen LogP contribution in [0.25, 0.3) is 0 Å². The fraction of sp³-hybridized carbons (Fsp3) is 0.364. The maximum atomic E-state index is 11.0. The van der Waals surface area contributed by atoms with Gasteiger partial charge in [0.2, 0.25) is 0 Å². The zero-order chi connectivity index (χ0) is 11.1. The molecule has 0 aliphatic heterocycles. The van der Waals surface area contributed by atoms with Gasteiger partial charge in [0.05, 0.1) is 12.5 Å². The van der Waals surface area contributed by atoms with E-state index in [0.29, 0.717) is 24.2 Å². The number of aliphatic carboxylic acids is 1. The number of carboxylic acids is 1. The van der Waals surface area contributed by atoms with Gasteiger partial charge >= 0.3 is 5.97 Å². The number of hydrogen-bond donors (Lipinski definition) is 2. The van der Waals surface area contributed by atoms with Gasteiger partial charge in [-0.15, -0.1) is 0 Å². The second-order valence-electron chi connectivity index (χ2n) is 3.77. The Kier molecular flexibility index (Phi) is 2.07. The number of ether oxygens (including phenoxy) is 1.